The van der Waals surface area contributed by atoms with Crippen LogP contribution in [0.25, 0.3) is 16.7 Å². The average Bonchev–Trinajstić information content (AvgIpc) is 3.32. The first-order chi connectivity index (χ1) is 13.3. The van der Waals surface area contributed by atoms with E-state index in [9.17, 15) is 4.79 Å². The Bertz CT molecular complexity index is 1160. The first-order valence-corrected chi connectivity index (χ1v) is 10.6. The Morgan fingerprint density at radius 2 is 1.81 bits per heavy atom. The molecule has 0 radical (unpaired) electrons. The first-order valence-electron chi connectivity index (χ1n) is 8.67. The van der Waals surface area contributed by atoms with Gasteiger partial charge in [-0.2, -0.15) is 10.1 Å². The van der Waals surface area contributed by atoms with Crippen molar-refractivity contribution in [2.75, 3.05) is 11.5 Å². The predicted molar refractivity (Wildman–Crippen MR) is 110 cm³/mol. The fourth-order valence-corrected chi connectivity index (χ4v) is 5.56. The summed E-state index contributed by atoms with van der Waals surface area (Å²) in [6.45, 7) is 0. The molecule has 0 bridgehead atoms. The zero-order valence-corrected chi connectivity index (χ0v) is 16.0. The third-order valence-electron chi connectivity index (χ3n) is 4.56. The molecule has 0 saturated heterocycles. The zero-order valence-electron chi connectivity index (χ0n) is 14.4. The van der Waals surface area contributed by atoms with Crippen LogP contribution in [-0.4, -0.2) is 30.8 Å². The Hall–Kier alpha value is -2.51. The molecular formula is C20H16N4OS2. The molecule has 0 spiro atoms. The monoisotopic (exact) mass is 392 g/mol. The van der Waals surface area contributed by atoms with E-state index in [2.05, 4.69) is 38.9 Å². The quantitative estimate of drug-likeness (QED) is 0.388. The highest BCUT2D eigenvalue weighted by molar-refractivity contribution is 8.00. The predicted octanol–water partition coefficient (Wildman–Crippen LogP) is 4.02. The van der Waals surface area contributed by atoms with Crippen LogP contribution < -0.4 is 5.56 Å². The van der Waals surface area contributed by atoms with E-state index in [1.807, 2.05) is 52.8 Å². The summed E-state index contributed by atoms with van der Waals surface area (Å²) in [5, 5.41) is 5.85. The molecule has 0 N–H and O–H groups in total. The third-order valence-corrected chi connectivity index (χ3v) is 6.82. The van der Waals surface area contributed by atoms with Gasteiger partial charge < -0.3 is 0 Å². The molecule has 5 rings (SSSR count). The van der Waals surface area contributed by atoms with E-state index in [1.165, 1.54) is 4.90 Å². The van der Waals surface area contributed by atoms with E-state index in [4.69, 9.17) is 0 Å². The number of para-hydroxylation sites is 1. The van der Waals surface area contributed by atoms with Crippen LogP contribution in [0.15, 0.2) is 81.7 Å². The van der Waals surface area contributed by atoms with Crippen LogP contribution in [0.1, 0.15) is 6.04 Å². The van der Waals surface area contributed by atoms with Crippen LogP contribution >= 0.6 is 23.5 Å². The molecule has 1 aliphatic heterocycles. The van der Waals surface area contributed by atoms with Crippen LogP contribution in [0, 0.1) is 0 Å². The Morgan fingerprint density at radius 3 is 2.59 bits per heavy atom. The summed E-state index contributed by atoms with van der Waals surface area (Å²) in [7, 11) is 0. The summed E-state index contributed by atoms with van der Waals surface area (Å²) in [4.78, 5) is 18.0. The molecule has 1 aliphatic rings. The third kappa shape index (κ3) is 2.96. The lowest BCUT2D eigenvalue weighted by Crippen LogP contribution is -2.19. The summed E-state index contributed by atoms with van der Waals surface area (Å²) in [5.41, 5.74) is 1.57. The Morgan fingerprint density at radius 1 is 1.07 bits per heavy atom. The number of rotatable bonds is 4. The van der Waals surface area contributed by atoms with Crippen molar-refractivity contribution in [1.82, 2.24) is 19.3 Å². The molecule has 27 heavy (non-hydrogen) atoms. The van der Waals surface area contributed by atoms with Gasteiger partial charge in [-0.1, -0.05) is 48.2 Å². The number of hydrogen-bond acceptors (Lipinski definition) is 5. The second kappa shape index (κ2) is 6.90. The average molecular weight is 393 g/mol. The Labute approximate surface area is 164 Å². The second-order valence-corrected chi connectivity index (χ2v) is 8.37. The highest BCUT2D eigenvalue weighted by Gasteiger charge is 2.28. The van der Waals surface area contributed by atoms with Crippen molar-refractivity contribution in [3.05, 3.63) is 77.2 Å². The smallest absolute Gasteiger partial charge is 0.284 e. The van der Waals surface area contributed by atoms with Gasteiger partial charge in [0.25, 0.3) is 5.56 Å². The van der Waals surface area contributed by atoms with Gasteiger partial charge in [0.1, 0.15) is 5.39 Å². The Kier molecular flexibility index (Phi) is 4.26. The van der Waals surface area contributed by atoms with E-state index in [1.54, 1.807) is 18.0 Å². The number of nitrogens with zero attached hydrogens (tertiary/aromatic N) is 4. The maximum atomic E-state index is 12.5. The molecule has 4 aromatic rings. The van der Waals surface area contributed by atoms with Gasteiger partial charge in [-0.05, 0) is 24.3 Å². The molecule has 2 aromatic carbocycles. The van der Waals surface area contributed by atoms with E-state index in [0.717, 1.165) is 28.0 Å². The topological polar surface area (TPSA) is 52.7 Å². The lowest BCUT2D eigenvalue weighted by molar-refractivity contribution is 0.578. The molecule has 3 heterocycles. The molecule has 0 aliphatic carbocycles. The molecule has 0 amide bonds. The van der Waals surface area contributed by atoms with Crippen molar-refractivity contribution in [1.29, 1.82) is 0 Å². The van der Waals surface area contributed by atoms with Gasteiger partial charge in [0.05, 0.1) is 17.9 Å². The number of hydrogen-bond donors (Lipinski definition) is 0. The van der Waals surface area contributed by atoms with E-state index < -0.39 is 0 Å². The van der Waals surface area contributed by atoms with Crippen molar-refractivity contribution < 1.29 is 0 Å². The normalized spacial score (nSPS) is 15.9. The number of benzene rings is 2. The summed E-state index contributed by atoms with van der Waals surface area (Å²) >= 11 is 3.47. The van der Waals surface area contributed by atoms with E-state index in [0.29, 0.717) is 5.39 Å². The number of fused-ring (bicyclic) bond motifs is 3. The second-order valence-electron chi connectivity index (χ2n) is 6.29. The fourth-order valence-electron chi connectivity index (χ4n) is 3.28. The summed E-state index contributed by atoms with van der Waals surface area (Å²) in [5.74, 6) is 1.83. The standard InChI is InChI=1S/C20H16N4OS2/c25-18-17-11-21-24(14-7-3-1-4-8-14)19(17)23-15(13-27-20(23)22-18)12-26-16-9-5-2-6-10-16/h1-11,15H,12-13H2/t15-/m0/s1. The Balaban J connectivity index is 1.60. The molecule has 7 heteroatoms. The van der Waals surface area contributed by atoms with Crippen molar-refractivity contribution in [2.24, 2.45) is 0 Å². The minimum Gasteiger partial charge on any atom is -0.300 e. The van der Waals surface area contributed by atoms with Gasteiger partial charge >= 0.3 is 0 Å². The van der Waals surface area contributed by atoms with E-state index in [-0.39, 0.29) is 11.6 Å². The van der Waals surface area contributed by atoms with Crippen LogP contribution in [0.3, 0.4) is 0 Å². The lowest BCUT2D eigenvalue weighted by Gasteiger charge is -2.16. The van der Waals surface area contributed by atoms with Gasteiger partial charge in [-0.25, -0.2) is 4.68 Å². The molecule has 0 unspecified atom stereocenters. The fraction of sp³-hybridized carbons (Fsp3) is 0.150. The van der Waals surface area contributed by atoms with E-state index >= 15 is 0 Å². The molecule has 1 atom stereocenters. The van der Waals surface area contributed by atoms with Gasteiger partial charge in [-0.3, -0.25) is 9.36 Å². The van der Waals surface area contributed by atoms with Crippen LogP contribution in [-0.2, 0) is 0 Å². The minimum absolute atomic E-state index is 0.206. The minimum atomic E-state index is -0.206. The molecule has 0 saturated carbocycles. The van der Waals surface area contributed by atoms with Crippen molar-refractivity contribution in [3.8, 4) is 5.69 Å². The maximum absolute atomic E-state index is 12.5. The van der Waals surface area contributed by atoms with Crippen LogP contribution in [0.5, 0.6) is 0 Å². The maximum Gasteiger partial charge on any atom is 0.284 e. The highest BCUT2D eigenvalue weighted by Crippen LogP contribution is 2.37. The van der Waals surface area contributed by atoms with Crippen LogP contribution in [0.2, 0.25) is 0 Å². The molecule has 2 aromatic heterocycles. The van der Waals surface area contributed by atoms with Crippen molar-refractivity contribution in [3.63, 3.8) is 0 Å². The summed E-state index contributed by atoms with van der Waals surface area (Å²) < 4.78 is 4.05. The highest BCUT2D eigenvalue weighted by atomic mass is 32.2. The lowest BCUT2D eigenvalue weighted by atomic mass is 10.3. The number of aromatic nitrogens is 4. The molecular weight excluding hydrogens is 376 g/mol. The summed E-state index contributed by atoms with van der Waals surface area (Å²) in [6, 6.07) is 20.6. The molecule has 134 valence electrons. The summed E-state index contributed by atoms with van der Waals surface area (Å²) in [6.07, 6.45) is 1.63. The number of thioether (sulfide) groups is 2. The van der Waals surface area contributed by atoms with Gasteiger partial charge in [0.2, 0.25) is 0 Å². The largest absolute Gasteiger partial charge is 0.300 e. The molecule has 0 fully saturated rings. The first kappa shape index (κ1) is 16.6. The van der Waals surface area contributed by atoms with Gasteiger partial charge in [-0.15, -0.1) is 11.8 Å². The zero-order chi connectivity index (χ0) is 18.2. The van der Waals surface area contributed by atoms with Crippen molar-refractivity contribution >= 4 is 34.6 Å². The molecule has 5 nitrogen and oxygen atoms in total. The van der Waals surface area contributed by atoms with Crippen molar-refractivity contribution in [2.45, 2.75) is 16.1 Å². The SMILES string of the molecule is O=c1nc2n(c3c1cnn3-c1ccccc1)[C@@H](CSc1ccccc1)CS2. The van der Waals surface area contributed by atoms with Crippen LogP contribution in [0.4, 0.5) is 0 Å². The van der Waals surface area contributed by atoms with Gasteiger partial charge in [0, 0.05) is 16.4 Å². The van der Waals surface area contributed by atoms with Gasteiger partial charge in [0.15, 0.2) is 10.8 Å².